The van der Waals surface area contributed by atoms with E-state index in [0.29, 0.717) is 6.54 Å². The van der Waals surface area contributed by atoms with Gasteiger partial charge in [0.15, 0.2) is 0 Å². The number of rotatable bonds is 5. The first-order valence-electron chi connectivity index (χ1n) is 6.34. The molecule has 1 aromatic heterocycles. The van der Waals surface area contributed by atoms with Crippen LogP contribution in [0.5, 0.6) is 0 Å². The highest BCUT2D eigenvalue weighted by atomic mass is 15.2. The Morgan fingerprint density at radius 2 is 2.12 bits per heavy atom. The lowest BCUT2D eigenvalue weighted by molar-refractivity contribution is 0.862. The van der Waals surface area contributed by atoms with Gasteiger partial charge >= 0.3 is 0 Å². The molecule has 3 N–H and O–H groups in total. The van der Waals surface area contributed by atoms with Crippen LogP contribution in [0.4, 0.5) is 11.6 Å². The Morgan fingerprint density at radius 3 is 2.82 bits per heavy atom. The van der Waals surface area contributed by atoms with Gasteiger partial charge in [0.05, 0.1) is 0 Å². The summed E-state index contributed by atoms with van der Waals surface area (Å²) in [7, 11) is 0. The molecule has 17 heavy (non-hydrogen) atoms. The number of aromatic nitrogens is 2. The first-order valence-corrected chi connectivity index (χ1v) is 6.34. The Bertz CT molecular complexity index is 360. The van der Waals surface area contributed by atoms with Crippen molar-refractivity contribution in [3.63, 3.8) is 0 Å². The fourth-order valence-electron chi connectivity index (χ4n) is 2.07. The summed E-state index contributed by atoms with van der Waals surface area (Å²) in [6.07, 6.45) is 3.49. The molecular formula is C12H21N5. The van der Waals surface area contributed by atoms with Crippen molar-refractivity contribution in [2.75, 3.05) is 36.4 Å². The molecule has 0 atom stereocenters. The monoisotopic (exact) mass is 235 g/mol. The fraction of sp³-hybridized carbons (Fsp3) is 0.667. The molecule has 5 nitrogen and oxygen atoms in total. The van der Waals surface area contributed by atoms with Crippen LogP contribution in [0.1, 0.15) is 25.1 Å². The van der Waals surface area contributed by atoms with Gasteiger partial charge in [-0.15, -0.1) is 0 Å². The maximum atomic E-state index is 5.47. The predicted octanol–water partition coefficient (Wildman–Crippen LogP) is 1.15. The normalized spacial score (nSPS) is 15.3. The Balaban J connectivity index is 2.05. The van der Waals surface area contributed by atoms with E-state index in [9.17, 15) is 0 Å². The molecule has 1 saturated heterocycles. The van der Waals surface area contributed by atoms with E-state index in [2.05, 4.69) is 20.2 Å². The lowest BCUT2D eigenvalue weighted by atomic mass is 10.4. The fourth-order valence-corrected chi connectivity index (χ4v) is 2.07. The third kappa shape index (κ3) is 3.30. The second kappa shape index (κ2) is 5.82. The van der Waals surface area contributed by atoms with Crippen molar-refractivity contribution in [1.29, 1.82) is 0 Å². The molecule has 0 spiro atoms. The first-order chi connectivity index (χ1) is 8.29. The van der Waals surface area contributed by atoms with Crippen LogP contribution in [0.2, 0.25) is 0 Å². The molecule has 0 saturated carbocycles. The summed E-state index contributed by atoms with van der Waals surface area (Å²) in [5.74, 6) is 2.78. The minimum atomic E-state index is 0.704. The summed E-state index contributed by atoms with van der Waals surface area (Å²) in [6, 6.07) is 2.04. The van der Waals surface area contributed by atoms with Crippen molar-refractivity contribution in [2.24, 2.45) is 5.73 Å². The first kappa shape index (κ1) is 12.1. The number of nitrogens with two attached hydrogens (primary N) is 1. The summed E-state index contributed by atoms with van der Waals surface area (Å²) >= 11 is 0. The van der Waals surface area contributed by atoms with Gasteiger partial charge in [-0.2, -0.15) is 0 Å². The van der Waals surface area contributed by atoms with Crippen molar-refractivity contribution in [3.8, 4) is 0 Å². The van der Waals surface area contributed by atoms with Crippen LogP contribution >= 0.6 is 0 Å². The van der Waals surface area contributed by atoms with Crippen LogP contribution in [-0.4, -0.2) is 36.1 Å². The van der Waals surface area contributed by atoms with E-state index in [4.69, 9.17) is 5.73 Å². The summed E-state index contributed by atoms with van der Waals surface area (Å²) in [5.41, 5.74) is 5.47. The lowest BCUT2D eigenvalue weighted by Crippen LogP contribution is -2.20. The molecular weight excluding hydrogens is 214 g/mol. The van der Waals surface area contributed by atoms with Crippen LogP contribution in [-0.2, 0) is 0 Å². The second-order valence-electron chi connectivity index (χ2n) is 4.42. The highest BCUT2D eigenvalue weighted by Gasteiger charge is 2.14. The topological polar surface area (TPSA) is 67.1 Å². The average Bonchev–Trinajstić information content (AvgIpc) is 2.82. The number of nitrogens with one attached hydrogen (secondary N) is 1. The molecule has 0 amide bonds. The zero-order valence-electron chi connectivity index (χ0n) is 10.4. The van der Waals surface area contributed by atoms with E-state index >= 15 is 0 Å². The number of aryl methyl sites for hydroxylation is 1. The highest BCUT2D eigenvalue weighted by molar-refractivity contribution is 5.49. The van der Waals surface area contributed by atoms with Crippen LogP contribution < -0.4 is 16.0 Å². The Labute approximate surface area is 102 Å². The number of hydrogen-bond acceptors (Lipinski definition) is 5. The summed E-state index contributed by atoms with van der Waals surface area (Å²) in [4.78, 5) is 11.2. The van der Waals surface area contributed by atoms with Crippen LogP contribution in [0.3, 0.4) is 0 Å². The SMILES string of the molecule is Cc1nc(NCCCN)cc(N2CCCC2)n1. The molecule has 1 aliphatic heterocycles. The average molecular weight is 235 g/mol. The quantitative estimate of drug-likeness (QED) is 0.749. The van der Waals surface area contributed by atoms with Crippen molar-refractivity contribution in [2.45, 2.75) is 26.2 Å². The molecule has 1 aliphatic rings. The zero-order valence-corrected chi connectivity index (χ0v) is 10.4. The minimum Gasteiger partial charge on any atom is -0.370 e. The Hall–Kier alpha value is -1.36. The van der Waals surface area contributed by atoms with Crippen molar-refractivity contribution < 1.29 is 0 Å². The molecule has 2 heterocycles. The van der Waals surface area contributed by atoms with E-state index in [1.165, 1.54) is 12.8 Å². The zero-order chi connectivity index (χ0) is 12.1. The minimum absolute atomic E-state index is 0.704. The van der Waals surface area contributed by atoms with Gasteiger partial charge < -0.3 is 16.0 Å². The van der Waals surface area contributed by atoms with Gasteiger partial charge in [0, 0.05) is 25.7 Å². The van der Waals surface area contributed by atoms with Crippen molar-refractivity contribution in [3.05, 3.63) is 11.9 Å². The molecule has 94 valence electrons. The van der Waals surface area contributed by atoms with Gasteiger partial charge in [-0.3, -0.25) is 0 Å². The Morgan fingerprint density at radius 1 is 1.35 bits per heavy atom. The van der Waals surface area contributed by atoms with E-state index in [1.54, 1.807) is 0 Å². The largest absolute Gasteiger partial charge is 0.370 e. The van der Waals surface area contributed by atoms with Gasteiger partial charge in [0.25, 0.3) is 0 Å². The highest BCUT2D eigenvalue weighted by Crippen LogP contribution is 2.20. The molecule has 5 heteroatoms. The van der Waals surface area contributed by atoms with Gasteiger partial charge in [-0.25, -0.2) is 9.97 Å². The van der Waals surface area contributed by atoms with Crippen LogP contribution in [0, 0.1) is 6.92 Å². The summed E-state index contributed by atoms with van der Waals surface area (Å²) < 4.78 is 0. The van der Waals surface area contributed by atoms with E-state index in [0.717, 1.165) is 43.5 Å². The third-order valence-electron chi connectivity index (χ3n) is 2.94. The molecule has 1 aromatic rings. The van der Waals surface area contributed by atoms with Crippen LogP contribution in [0.25, 0.3) is 0 Å². The van der Waals surface area contributed by atoms with Gasteiger partial charge in [0.2, 0.25) is 0 Å². The summed E-state index contributed by atoms with van der Waals surface area (Å²) in [5, 5.41) is 3.29. The second-order valence-corrected chi connectivity index (χ2v) is 4.42. The molecule has 0 aromatic carbocycles. The molecule has 2 rings (SSSR count). The molecule has 1 fully saturated rings. The van der Waals surface area contributed by atoms with Crippen LogP contribution in [0.15, 0.2) is 6.07 Å². The van der Waals surface area contributed by atoms with Gasteiger partial charge in [0.1, 0.15) is 17.5 Å². The van der Waals surface area contributed by atoms with E-state index < -0.39 is 0 Å². The standard InChI is InChI=1S/C12H21N5/c1-10-15-11(14-6-4-5-13)9-12(16-10)17-7-2-3-8-17/h9H,2-8,13H2,1H3,(H,14,15,16). The Kier molecular flexibility index (Phi) is 4.14. The number of nitrogens with zero attached hydrogens (tertiary/aromatic N) is 3. The van der Waals surface area contributed by atoms with Gasteiger partial charge in [-0.05, 0) is 32.7 Å². The smallest absolute Gasteiger partial charge is 0.134 e. The molecule has 0 bridgehead atoms. The number of hydrogen-bond donors (Lipinski definition) is 2. The lowest BCUT2D eigenvalue weighted by Gasteiger charge is -2.17. The van der Waals surface area contributed by atoms with Gasteiger partial charge in [-0.1, -0.05) is 0 Å². The van der Waals surface area contributed by atoms with E-state index in [1.807, 2.05) is 13.0 Å². The third-order valence-corrected chi connectivity index (χ3v) is 2.94. The molecule has 0 radical (unpaired) electrons. The van der Waals surface area contributed by atoms with Crippen molar-refractivity contribution >= 4 is 11.6 Å². The molecule has 0 unspecified atom stereocenters. The van der Waals surface area contributed by atoms with E-state index in [-0.39, 0.29) is 0 Å². The number of anilines is 2. The van der Waals surface area contributed by atoms with Crippen molar-refractivity contribution in [1.82, 2.24) is 9.97 Å². The molecule has 0 aliphatic carbocycles. The maximum absolute atomic E-state index is 5.47. The predicted molar refractivity (Wildman–Crippen MR) is 70.4 cm³/mol. The maximum Gasteiger partial charge on any atom is 0.134 e. The summed E-state index contributed by atoms with van der Waals surface area (Å²) in [6.45, 7) is 5.73.